The lowest BCUT2D eigenvalue weighted by molar-refractivity contribution is -0.167. The van der Waals surface area contributed by atoms with E-state index in [1.165, 1.54) is 70.6 Å². The maximum atomic E-state index is 12.9. The van der Waals surface area contributed by atoms with Crippen LogP contribution in [-0.2, 0) is 28.6 Å². The van der Waals surface area contributed by atoms with Gasteiger partial charge in [-0.05, 0) is 141 Å². The lowest BCUT2D eigenvalue weighted by atomic mass is 10.1. The molecule has 0 heterocycles. The SMILES string of the molecule is CC/C=C\C/C=C\C/C=C\C/C=C\C/C=C\C/C=C\C/C=C\C/C=C\C/C=C\CCCCCC(=O)OCC(COC(=O)CCCCCCC/C=C\CCC)OC(=O)CCCCCCCCC/C=C\C/C=C\CCCCCC. The van der Waals surface area contributed by atoms with Crippen LogP contribution in [0.25, 0.3) is 0 Å². The molecule has 0 aromatic rings. The zero-order valence-corrected chi connectivity index (χ0v) is 49.7. The Labute approximate surface area is 474 Å². The fourth-order valence-corrected chi connectivity index (χ4v) is 8.11. The number of rotatable bonds is 55. The number of allylic oxidation sites excluding steroid dienone is 24. The highest BCUT2D eigenvalue weighted by Crippen LogP contribution is 2.14. The van der Waals surface area contributed by atoms with Gasteiger partial charge >= 0.3 is 17.9 Å². The normalized spacial score (nSPS) is 13.1. The van der Waals surface area contributed by atoms with E-state index < -0.39 is 6.10 Å². The summed E-state index contributed by atoms with van der Waals surface area (Å²) in [5.74, 6) is -0.956. The van der Waals surface area contributed by atoms with Crippen molar-refractivity contribution in [2.45, 2.75) is 271 Å². The Bertz CT molecular complexity index is 1700. The molecule has 0 bridgehead atoms. The minimum absolute atomic E-state index is 0.101. The smallest absolute Gasteiger partial charge is 0.306 e. The van der Waals surface area contributed by atoms with Crippen molar-refractivity contribution in [2.75, 3.05) is 13.2 Å². The Hall–Kier alpha value is -4.71. The van der Waals surface area contributed by atoms with Gasteiger partial charge in [0.1, 0.15) is 13.2 Å². The first-order chi connectivity index (χ1) is 38.0. The zero-order chi connectivity index (χ0) is 55.7. The quantitative estimate of drug-likeness (QED) is 0.0261. The topological polar surface area (TPSA) is 78.9 Å². The van der Waals surface area contributed by atoms with E-state index in [0.29, 0.717) is 19.3 Å². The van der Waals surface area contributed by atoms with Gasteiger partial charge in [-0.15, -0.1) is 0 Å². The molecule has 0 aromatic carbocycles. The van der Waals surface area contributed by atoms with Crippen LogP contribution in [0.4, 0.5) is 0 Å². The number of carbonyl (C=O) groups is 3. The lowest BCUT2D eigenvalue weighted by Crippen LogP contribution is -2.30. The lowest BCUT2D eigenvalue weighted by Gasteiger charge is -2.18. The average Bonchev–Trinajstić information content (AvgIpc) is 3.43. The van der Waals surface area contributed by atoms with Crippen LogP contribution in [0.2, 0.25) is 0 Å². The highest BCUT2D eigenvalue weighted by atomic mass is 16.6. The summed E-state index contributed by atoms with van der Waals surface area (Å²) in [5.41, 5.74) is 0. The van der Waals surface area contributed by atoms with E-state index in [-0.39, 0.29) is 31.1 Å². The summed E-state index contributed by atoms with van der Waals surface area (Å²) in [6.07, 6.45) is 91.4. The molecule has 1 atom stereocenters. The number of ether oxygens (including phenoxy) is 3. The van der Waals surface area contributed by atoms with Crippen molar-refractivity contribution in [3.63, 3.8) is 0 Å². The fraction of sp³-hybridized carbons (Fsp3) is 0.620. The maximum Gasteiger partial charge on any atom is 0.306 e. The van der Waals surface area contributed by atoms with E-state index in [0.717, 1.165) is 154 Å². The molecule has 0 N–H and O–H groups in total. The third kappa shape index (κ3) is 62.0. The highest BCUT2D eigenvalue weighted by molar-refractivity contribution is 5.71. The van der Waals surface area contributed by atoms with Gasteiger partial charge in [0.2, 0.25) is 0 Å². The average molecular weight is 1060 g/mol. The Kier molecular flexibility index (Phi) is 59.9. The van der Waals surface area contributed by atoms with Crippen LogP contribution in [-0.4, -0.2) is 37.2 Å². The molecule has 434 valence electrons. The van der Waals surface area contributed by atoms with Crippen LogP contribution < -0.4 is 0 Å². The van der Waals surface area contributed by atoms with Crippen LogP contribution in [0.5, 0.6) is 0 Å². The fourth-order valence-electron chi connectivity index (χ4n) is 8.11. The van der Waals surface area contributed by atoms with Crippen LogP contribution in [0.1, 0.15) is 265 Å². The molecule has 0 spiro atoms. The second kappa shape index (κ2) is 63.8. The van der Waals surface area contributed by atoms with Gasteiger partial charge in [0.25, 0.3) is 0 Å². The van der Waals surface area contributed by atoms with Crippen molar-refractivity contribution in [3.8, 4) is 0 Å². The second-order valence-electron chi connectivity index (χ2n) is 20.2. The molecule has 6 nitrogen and oxygen atoms in total. The summed E-state index contributed by atoms with van der Waals surface area (Å²) < 4.78 is 16.8. The molecule has 0 aliphatic heterocycles. The van der Waals surface area contributed by atoms with Crippen molar-refractivity contribution in [2.24, 2.45) is 0 Å². The van der Waals surface area contributed by atoms with E-state index in [1.807, 2.05) is 0 Å². The van der Waals surface area contributed by atoms with Crippen molar-refractivity contribution < 1.29 is 28.6 Å². The van der Waals surface area contributed by atoms with Gasteiger partial charge < -0.3 is 14.2 Å². The molecule has 0 aromatic heterocycles. The molecule has 0 amide bonds. The van der Waals surface area contributed by atoms with E-state index >= 15 is 0 Å². The summed E-state index contributed by atoms with van der Waals surface area (Å²) in [6.45, 7) is 6.40. The highest BCUT2D eigenvalue weighted by Gasteiger charge is 2.19. The van der Waals surface area contributed by atoms with E-state index in [4.69, 9.17) is 14.2 Å². The van der Waals surface area contributed by atoms with Crippen molar-refractivity contribution in [1.29, 1.82) is 0 Å². The molecule has 0 radical (unpaired) electrons. The van der Waals surface area contributed by atoms with Crippen LogP contribution in [0.15, 0.2) is 146 Å². The molecular formula is C71H114O6. The molecule has 0 aliphatic rings. The van der Waals surface area contributed by atoms with Crippen LogP contribution >= 0.6 is 0 Å². The summed E-state index contributed by atoms with van der Waals surface area (Å²) in [7, 11) is 0. The minimum Gasteiger partial charge on any atom is -0.462 e. The largest absolute Gasteiger partial charge is 0.462 e. The first kappa shape index (κ1) is 72.3. The first-order valence-corrected chi connectivity index (χ1v) is 31.3. The monoisotopic (exact) mass is 1060 g/mol. The van der Waals surface area contributed by atoms with Gasteiger partial charge in [0.05, 0.1) is 0 Å². The molecule has 0 saturated heterocycles. The minimum atomic E-state index is -0.805. The molecular weight excluding hydrogens is 949 g/mol. The summed E-state index contributed by atoms with van der Waals surface area (Å²) in [5, 5.41) is 0. The Morgan fingerprint density at radius 2 is 0.532 bits per heavy atom. The van der Waals surface area contributed by atoms with E-state index in [9.17, 15) is 14.4 Å². The number of hydrogen-bond acceptors (Lipinski definition) is 6. The number of hydrogen-bond donors (Lipinski definition) is 0. The number of esters is 3. The second-order valence-corrected chi connectivity index (χ2v) is 20.2. The standard InChI is InChI=1S/C71H114O6/c1-4-7-10-13-16-19-22-24-26-28-30-31-32-33-34-35-36-37-38-39-40-41-42-44-45-47-49-52-55-58-61-64-70(73)76-67-68(66-75-69(72)63-60-57-54-51-21-18-15-12-9-6-3)77-71(74)65-62-59-56-53-50-48-46-43-29-27-25-23-20-17-14-11-8-5-2/h7,10,12,15-16,19-20,23-24,26-27,29-31,33-34,36-37,39-40,42,44,47,49,68H,4-6,8-9,11,13-14,17-18,21-22,25,28,32,35,38,41,43,45-46,48,50-67H2,1-3H3/b10-7-,15-12-,19-16-,23-20-,26-24-,29-27-,31-30-,34-33-,37-36-,40-39-,44-42-,49-47-. The number of carbonyl (C=O) groups excluding carboxylic acids is 3. The van der Waals surface area contributed by atoms with Crippen molar-refractivity contribution >= 4 is 17.9 Å². The first-order valence-electron chi connectivity index (χ1n) is 31.3. The van der Waals surface area contributed by atoms with Crippen LogP contribution in [0.3, 0.4) is 0 Å². The Morgan fingerprint density at radius 3 is 0.870 bits per heavy atom. The summed E-state index contributed by atoms with van der Waals surface area (Å²) >= 11 is 0. The van der Waals surface area contributed by atoms with Gasteiger partial charge in [-0.25, -0.2) is 0 Å². The van der Waals surface area contributed by atoms with Crippen LogP contribution in [0, 0.1) is 0 Å². The van der Waals surface area contributed by atoms with Gasteiger partial charge in [0.15, 0.2) is 6.10 Å². The number of unbranched alkanes of at least 4 members (excludes halogenated alkanes) is 20. The van der Waals surface area contributed by atoms with Crippen molar-refractivity contribution in [3.05, 3.63) is 146 Å². The van der Waals surface area contributed by atoms with Gasteiger partial charge in [-0.1, -0.05) is 250 Å². The maximum absolute atomic E-state index is 12.9. The molecule has 0 aliphatic carbocycles. The Balaban J connectivity index is 4.36. The molecule has 77 heavy (non-hydrogen) atoms. The summed E-state index contributed by atoms with van der Waals surface area (Å²) in [4.78, 5) is 38.2. The molecule has 0 saturated carbocycles. The van der Waals surface area contributed by atoms with Crippen molar-refractivity contribution in [1.82, 2.24) is 0 Å². The van der Waals surface area contributed by atoms with Gasteiger partial charge in [0, 0.05) is 19.3 Å². The molecule has 1 unspecified atom stereocenters. The van der Waals surface area contributed by atoms with E-state index in [2.05, 4.69) is 167 Å². The van der Waals surface area contributed by atoms with E-state index in [1.54, 1.807) is 0 Å². The third-order valence-electron chi connectivity index (χ3n) is 12.8. The molecule has 0 rings (SSSR count). The Morgan fingerprint density at radius 1 is 0.273 bits per heavy atom. The third-order valence-corrected chi connectivity index (χ3v) is 12.8. The van der Waals surface area contributed by atoms with Gasteiger partial charge in [-0.2, -0.15) is 0 Å². The zero-order valence-electron chi connectivity index (χ0n) is 49.7. The van der Waals surface area contributed by atoms with Gasteiger partial charge in [-0.3, -0.25) is 14.4 Å². The molecule has 6 heteroatoms. The predicted octanol–water partition coefficient (Wildman–Crippen LogP) is 21.5. The molecule has 0 fully saturated rings. The summed E-state index contributed by atoms with van der Waals surface area (Å²) in [6, 6.07) is 0. The predicted molar refractivity (Wildman–Crippen MR) is 334 cm³/mol.